The van der Waals surface area contributed by atoms with E-state index in [4.69, 9.17) is 17.3 Å². The molecule has 0 spiro atoms. The number of hydrogen-bond donors (Lipinski definition) is 4. The van der Waals surface area contributed by atoms with Gasteiger partial charge in [0.05, 0.1) is 52.1 Å². The number of aromatic nitrogens is 5. The molecule has 14 nitrogen and oxygen atoms in total. The van der Waals surface area contributed by atoms with Gasteiger partial charge in [-0.3, -0.25) is 14.4 Å². The molecule has 0 radical (unpaired) electrons. The number of nitrogens with zero attached hydrogens (tertiary/aromatic N) is 7. The van der Waals surface area contributed by atoms with Gasteiger partial charge in [0.1, 0.15) is 0 Å². The number of hydrogen-bond acceptors (Lipinski definition) is 9. The Morgan fingerprint density at radius 1 is 1.06 bits per heavy atom. The normalized spacial score (nSPS) is 18.4. The number of piperidine rings is 1. The molecule has 2 aliphatic heterocycles. The average Bonchev–Trinajstić information content (AvgIpc) is 3.69. The Balaban J connectivity index is 1.12. The minimum absolute atomic E-state index is 0.0208. The standard InChI is InChI=1S/C31H32ClF3N10O4/c1-42-24(21-16-45(41-26(21)31(33,34)35)25-5-2-17(36)14-38-25)15-39-27(42)28(47)40-18-3-4-20(22(32)12-18)29(48)43-8-10-44(11-9-43)30(49)23-13-19(46)6-7-37-23/h2-5,12,14-16,19,23,37,46H,6-11,13,36H2,1H3,(H,40,47)/t19?,23-/m0/s1. The van der Waals surface area contributed by atoms with Crippen LogP contribution >= 0.6 is 11.6 Å². The minimum atomic E-state index is -4.82. The lowest BCUT2D eigenvalue weighted by molar-refractivity contribution is -0.141. The molecule has 4 aromatic rings. The number of carbonyl (C=O) groups is 3. The molecule has 1 aromatic carbocycles. The summed E-state index contributed by atoms with van der Waals surface area (Å²) in [5.74, 6) is -1.26. The van der Waals surface area contributed by atoms with E-state index in [0.717, 1.165) is 17.1 Å². The average molecular weight is 701 g/mol. The number of imidazole rings is 1. The van der Waals surface area contributed by atoms with Crippen molar-refractivity contribution in [3.05, 3.63) is 71.0 Å². The SMILES string of the molecule is Cn1c(-c2cn(-c3ccc(N)cn3)nc2C(F)(F)F)cnc1C(=O)Nc1ccc(C(=O)N2CCN(C(=O)[C@@H]3CC(O)CCN3)CC2)c(Cl)c1. The van der Waals surface area contributed by atoms with Gasteiger partial charge in [-0.05, 0) is 49.7 Å². The van der Waals surface area contributed by atoms with Gasteiger partial charge in [0.25, 0.3) is 11.8 Å². The molecule has 3 aromatic heterocycles. The third kappa shape index (κ3) is 7.09. The number of anilines is 2. The second-order valence-corrected chi connectivity index (χ2v) is 12.2. The molecule has 5 heterocycles. The number of carbonyl (C=O) groups excluding carboxylic acids is 3. The van der Waals surface area contributed by atoms with Crippen LogP contribution in [0, 0.1) is 0 Å². The quantitative estimate of drug-likeness (QED) is 0.236. The lowest BCUT2D eigenvalue weighted by atomic mass is 10.0. The molecule has 49 heavy (non-hydrogen) atoms. The number of halogens is 4. The molecule has 2 fully saturated rings. The van der Waals surface area contributed by atoms with Gasteiger partial charge in [0.15, 0.2) is 17.3 Å². The molecule has 1 unspecified atom stereocenters. The Hall–Kier alpha value is -5.00. The fourth-order valence-electron chi connectivity index (χ4n) is 5.85. The van der Waals surface area contributed by atoms with Gasteiger partial charge in [-0.25, -0.2) is 14.6 Å². The minimum Gasteiger partial charge on any atom is -0.397 e. The van der Waals surface area contributed by atoms with Crippen molar-refractivity contribution in [1.29, 1.82) is 0 Å². The van der Waals surface area contributed by atoms with E-state index in [1.165, 1.54) is 48.1 Å². The van der Waals surface area contributed by atoms with Gasteiger partial charge in [-0.15, -0.1) is 0 Å². The second-order valence-electron chi connectivity index (χ2n) is 11.8. The highest BCUT2D eigenvalue weighted by Gasteiger charge is 2.39. The summed E-state index contributed by atoms with van der Waals surface area (Å²) in [5, 5.41) is 19.4. The van der Waals surface area contributed by atoms with Crippen LogP contribution in [0.3, 0.4) is 0 Å². The summed E-state index contributed by atoms with van der Waals surface area (Å²) in [4.78, 5) is 50.7. The third-order valence-corrected chi connectivity index (χ3v) is 8.78. The zero-order valence-corrected chi connectivity index (χ0v) is 26.9. The number of aliphatic hydroxyl groups excluding tert-OH is 1. The highest BCUT2D eigenvalue weighted by atomic mass is 35.5. The summed E-state index contributed by atoms with van der Waals surface area (Å²) in [6.45, 7) is 1.82. The number of alkyl halides is 3. The number of benzene rings is 1. The lowest BCUT2D eigenvalue weighted by Crippen LogP contribution is -2.57. The van der Waals surface area contributed by atoms with Crippen molar-refractivity contribution >= 4 is 40.7 Å². The number of amides is 3. The zero-order valence-electron chi connectivity index (χ0n) is 26.1. The molecule has 6 rings (SSSR count). The number of pyridine rings is 1. The molecule has 2 atom stereocenters. The summed E-state index contributed by atoms with van der Waals surface area (Å²) < 4.78 is 44.2. The predicted molar refractivity (Wildman–Crippen MR) is 172 cm³/mol. The molecule has 5 N–H and O–H groups in total. The van der Waals surface area contributed by atoms with E-state index in [1.807, 2.05) is 0 Å². The number of piperazine rings is 1. The first-order valence-electron chi connectivity index (χ1n) is 15.3. The summed E-state index contributed by atoms with van der Waals surface area (Å²) in [6, 6.07) is 6.78. The Bertz CT molecular complexity index is 1890. The topological polar surface area (TPSA) is 177 Å². The highest BCUT2D eigenvalue weighted by molar-refractivity contribution is 6.34. The van der Waals surface area contributed by atoms with E-state index in [-0.39, 0.29) is 51.0 Å². The summed E-state index contributed by atoms with van der Waals surface area (Å²) in [6.07, 6.45) is -0.810. The largest absolute Gasteiger partial charge is 0.435 e. The van der Waals surface area contributed by atoms with Crippen LogP contribution in [0.4, 0.5) is 24.5 Å². The number of rotatable bonds is 6. The van der Waals surface area contributed by atoms with Crippen LogP contribution in [0.25, 0.3) is 17.1 Å². The van der Waals surface area contributed by atoms with Gasteiger partial charge in [0, 0.05) is 45.1 Å². The monoisotopic (exact) mass is 700 g/mol. The molecular formula is C31H32ClF3N10O4. The van der Waals surface area contributed by atoms with Crippen molar-refractivity contribution in [1.82, 2.24) is 39.4 Å². The van der Waals surface area contributed by atoms with E-state index in [9.17, 15) is 32.7 Å². The Kier molecular flexibility index (Phi) is 9.32. The van der Waals surface area contributed by atoms with Crippen LogP contribution in [-0.2, 0) is 18.0 Å². The summed E-state index contributed by atoms with van der Waals surface area (Å²) >= 11 is 6.46. The molecule has 0 saturated carbocycles. The molecule has 0 bridgehead atoms. The first kappa shape index (κ1) is 33.9. The first-order chi connectivity index (χ1) is 23.3. The van der Waals surface area contributed by atoms with Crippen LogP contribution < -0.4 is 16.4 Å². The molecule has 3 amide bonds. The van der Waals surface area contributed by atoms with Gasteiger partial charge >= 0.3 is 6.18 Å². The summed E-state index contributed by atoms with van der Waals surface area (Å²) in [5.41, 5.74) is 4.86. The van der Waals surface area contributed by atoms with Crippen LogP contribution in [0.2, 0.25) is 5.02 Å². The Morgan fingerprint density at radius 3 is 2.45 bits per heavy atom. The van der Waals surface area contributed by atoms with Crippen molar-refractivity contribution in [2.45, 2.75) is 31.2 Å². The number of nitrogens with one attached hydrogen (secondary N) is 2. The number of nitrogens with two attached hydrogens (primary N) is 1. The van der Waals surface area contributed by atoms with Crippen molar-refractivity contribution in [3.63, 3.8) is 0 Å². The lowest BCUT2D eigenvalue weighted by Gasteiger charge is -2.38. The van der Waals surface area contributed by atoms with Crippen LogP contribution in [0.15, 0.2) is 48.9 Å². The molecular weight excluding hydrogens is 669 g/mol. The number of aliphatic hydroxyl groups is 1. The predicted octanol–water partition coefficient (Wildman–Crippen LogP) is 2.57. The van der Waals surface area contributed by atoms with Gasteiger partial charge < -0.3 is 35.8 Å². The fourth-order valence-corrected chi connectivity index (χ4v) is 6.11. The molecule has 258 valence electrons. The maximum absolute atomic E-state index is 14.0. The van der Waals surface area contributed by atoms with Crippen LogP contribution in [-0.4, -0.2) is 102 Å². The highest BCUT2D eigenvalue weighted by Crippen LogP contribution is 2.37. The molecule has 18 heteroatoms. The molecule has 2 aliphatic rings. The maximum atomic E-state index is 14.0. The van der Waals surface area contributed by atoms with E-state index >= 15 is 0 Å². The first-order valence-corrected chi connectivity index (χ1v) is 15.7. The van der Waals surface area contributed by atoms with Crippen molar-refractivity contribution in [3.8, 4) is 17.1 Å². The Labute approximate surface area is 282 Å². The van der Waals surface area contributed by atoms with Gasteiger partial charge in [0.2, 0.25) is 5.91 Å². The molecule has 0 aliphatic carbocycles. The van der Waals surface area contributed by atoms with E-state index in [2.05, 4.69) is 25.7 Å². The van der Waals surface area contributed by atoms with Crippen LogP contribution in [0.5, 0.6) is 0 Å². The van der Waals surface area contributed by atoms with Gasteiger partial charge in [-0.2, -0.15) is 18.3 Å². The fraction of sp³-hybridized carbons (Fsp3) is 0.355. The van der Waals surface area contributed by atoms with Crippen molar-refractivity contribution < 1.29 is 32.7 Å². The smallest absolute Gasteiger partial charge is 0.397 e. The zero-order chi connectivity index (χ0) is 35.0. The number of nitrogen functional groups attached to an aromatic ring is 1. The second kappa shape index (κ2) is 13.5. The van der Waals surface area contributed by atoms with E-state index < -0.39 is 29.9 Å². The van der Waals surface area contributed by atoms with E-state index in [1.54, 1.807) is 9.80 Å². The maximum Gasteiger partial charge on any atom is 0.435 e. The van der Waals surface area contributed by atoms with Crippen molar-refractivity contribution in [2.75, 3.05) is 43.8 Å². The molecule has 2 saturated heterocycles. The van der Waals surface area contributed by atoms with Gasteiger partial charge in [-0.1, -0.05) is 11.6 Å². The third-order valence-electron chi connectivity index (χ3n) is 8.47. The van der Waals surface area contributed by atoms with Crippen molar-refractivity contribution in [2.24, 2.45) is 7.05 Å². The van der Waals surface area contributed by atoms with Crippen LogP contribution in [0.1, 0.15) is 39.5 Å². The van der Waals surface area contributed by atoms with E-state index in [0.29, 0.717) is 51.3 Å². The summed E-state index contributed by atoms with van der Waals surface area (Å²) in [7, 11) is 1.40. The Morgan fingerprint density at radius 2 is 1.80 bits per heavy atom.